The Morgan fingerprint density at radius 2 is 1.83 bits per heavy atom. The maximum Gasteiger partial charge on any atom is 0.410 e. The lowest BCUT2D eigenvalue weighted by Gasteiger charge is -2.26. The van der Waals surface area contributed by atoms with Crippen molar-refractivity contribution in [3.05, 3.63) is 35.7 Å². The van der Waals surface area contributed by atoms with E-state index < -0.39 is 29.4 Å². The lowest BCUT2D eigenvalue weighted by atomic mass is 10.2. The van der Waals surface area contributed by atoms with Gasteiger partial charge in [0.1, 0.15) is 23.3 Å². The first-order valence-electron chi connectivity index (χ1n) is 7.32. The van der Waals surface area contributed by atoms with Crippen LogP contribution in [-0.4, -0.2) is 33.8 Å². The highest BCUT2D eigenvalue weighted by molar-refractivity contribution is 5.68. The number of rotatable bonds is 3. The molecular weight excluding hydrogens is 320 g/mol. The molecule has 0 unspecified atom stereocenters. The van der Waals surface area contributed by atoms with Gasteiger partial charge >= 0.3 is 6.09 Å². The minimum atomic E-state index is -0.740. The summed E-state index contributed by atoms with van der Waals surface area (Å²) in [6, 6.07) is 2.38. The van der Waals surface area contributed by atoms with Crippen LogP contribution in [0.2, 0.25) is 0 Å². The van der Waals surface area contributed by atoms with Gasteiger partial charge < -0.3 is 9.26 Å². The molecule has 1 aromatic carbocycles. The summed E-state index contributed by atoms with van der Waals surface area (Å²) in [4.78, 5) is 17.5. The van der Waals surface area contributed by atoms with Crippen molar-refractivity contribution in [3.8, 4) is 11.4 Å². The SMILES string of the molecule is C[C@@H](c1nc(-c2cc(F)cc(F)c2)no1)N(C)C(=O)OC(C)(C)C. The lowest BCUT2D eigenvalue weighted by Crippen LogP contribution is -2.35. The fourth-order valence-electron chi connectivity index (χ4n) is 1.86. The molecule has 0 saturated carbocycles. The van der Waals surface area contributed by atoms with Crippen molar-refractivity contribution in [2.24, 2.45) is 0 Å². The molecule has 0 bridgehead atoms. The second kappa shape index (κ2) is 6.54. The fraction of sp³-hybridized carbons (Fsp3) is 0.438. The van der Waals surface area contributed by atoms with Crippen LogP contribution in [0.1, 0.15) is 39.6 Å². The number of amides is 1. The normalized spacial score (nSPS) is 12.8. The van der Waals surface area contributed by atoms with Crippen LogP contribution >= 0.6 is 0 Å². The van der Waals surface area contributed by atoms with E-state index in [1.165, 1.54) is 11.9 Å². The zero-order chi connectivity index (χ0) is 18.1. The molecule has 0 N–H and O–H groups in total. The zero-order valence-corrected chi connectivity index (χ0v) is 14.1. The maximum absolute atomic E-state index is 13.3. The van der Waals surface area contributed by atoms with Crippen LogP contribution < -0.4 is 0 Å². The van der Waals surface area contributed by atoms with E-state index in [0.29, 0.717) is 0 Å². The molecule has 1 aromatic heterocycles. The molecule has 6 nitrogen and oxygen atoms in total. The zero-order valence-electron chi connectivity index (χ0n) is 14.1. The predicted molar refractivity (Wildman–Crippen MR) is 82.1 cm³/mol. The van der Waals surface area contributed by atoms with Crippen LogP contribution in [-0.2, 0) is 4.74 Å². The van der Waals surface area contributed by atoms with E-state index in [2.05, 4.69) is 10.1 Å². The molecular formula is C16H19F2N3O3. The fourth-order valence-corrected chi connectivity index (χ4v) is 1.86. The van der Waals surface area contributed by atoms with Gasteiger partial charge in [0.05, 0.1) is 0 Å². The third kappa shape index (κ3) is 4.27. The van der Waals surface area contributed by atoms with Crippen molar-refractivity contribution >= 4 is 6.09 Å². The van der Waals surface area contributed by atoms with E-state index >= 15 is 0 Å². The quantitative estimate of drug-likeness (QED) is 0.847. The van der Waals surface area contributed by atoms with Crippen LogP contribution in [0.5, 0.6) is 0 Å². The number of hydrogen-bond donors (Lipinski definition) is 0. The van der Waals surface area contributed by atoms with E-state index in [-0.39, 0.29) is 17.3 Å². The van der Waals surface area contributed by atoms with Gasteiger partial charge in [-0.15, -0.1) is 0 Å². The minimum Gasteiger partial charge on any atom is -0.444 e. The van der Waals surface area contributed by atoms with Gasteiger partial charge in [-0.25, -0.2) is 13.6 Å². The molecule has 0 radical (unpaired) electrons. The molecule has 1 amide bonds. The highest BCUT2D eigenvalue weighted by Gasteiger charge is 2.27. The second-order valence-corrected chi connectivity index (χ2v) is 6.38. The molecule has 24 heavy (non-hydrogen) atoms. The Labute approximate surface area is 138 Å². The van der Waals surface area contributed by atoms with E-state index in [4.69, 9.17) is 9.26 Å². The van der Waals surface area contributed by atoms with Crippen molar-refractivity contribution in [2.45, 2.75) is 39.3 Å². The maximum atomic E-state index is 13.3. The van der Waals surface area contributed by atoms with Crippen LogP contribution in [0.15, 0.2) is 22.7 Å². The van der Waals surface area contributed by atoms with Gasteiger partial charge in [0, 0.05) is 18.7 Å². The van der Waals surface area contributed by atoms with Gasteiger partial charge in [0.15, 0.2) is 0 Å². The summed E-state index contributed by atoms with van der Waals surface area (Å²) in [7, 11) is 1.53. The number of carbonyl (C=O) groups is 1. The third-order valence-electron chi connectivity index (χ3n) is 3.18. The number of halogens is 2. The van der Waals surface area contributed by atoms with Gasteiger partial charge in [-0.2, -0.15) is 4.98 Å². The summed E-state index contributed by atoms with van der Waals surface area (Å²) in [6.07, 6.45) is -0.549. The van der Waals surface area contributed by atoms with Crippen molar-refractivity contribution in [3.63, 3.8) is 0 Å². The van der Waals surface area contributed by atoms with Crippen molar-refractivity contribution in [2.75, 3.05) is 7.05 Å². The molecule has 130 valence electrons. The van der Waals surface area contributed by atoms with Crippen LogP contribution in [0.4, 0.5) is 13.6 Å². The summed E-state index contributed by atoms with van der Waals surface area (Å²) in [5.41, 5.74) is -0.487. The first-order chi connectivity index (χ1) is 11.1. The highest BCUT2D eigenvalue weighted by atomic mass is 19.1. The Kier molecular flexibility index (Phi) is 4.86. The average Bonchev–Trinajstić information content (AvgIpc) is 2.92. The van der Waals surface area contributed by atoms with Gasteiger partial charge in [-0.1, -0.05) is 5.16 Å². The minimum absolute atomic E-state index is 0.0350. The largest absolute Gasteiger partial charge is 0.444 e. The standard InChI is InChI=1S/C16H19F2N3O3/c1-9(21(5)15(22)23-16(2,3)4)14-19-13(20-24-14)10-6-11(17)8-12(18)7-10/h6-9H,1-5H3/t9-/m0/s1. The van der Waals surface area contributed by atoms with Crippen molar-refractivity contribution in [1.82, 2.24) is 15.0 Å². The first kappa shape index (κ1) is 17.8. The smallest absolute Gasteiger partial charge is 0.410 e. The second-order valence-electron chi connectivity index (χ2n) is 6.38. The molecule has 0 fully saturated rings. The van der Waals surface area contributed by atoms with Crippen LogP contribution in [0.3, 0.4) is 0 Å². The average molecular weight is 339 g/mol. The lowest BCUT2D eigenvalue weighted by molar-refractivity contribution is 0.0208. The molecule has 2 rings (SSSR count). The van der Waals surface area contributed by atoms with Crippen LogP contribution in [0, 0.1) is 11.6 Å². The third-order valence-corrected chi connectivity index (χ3v) is 3.18. The summed E-state index contributed by atoms with van der Waals surface area (Å²) in [5, 5.41) is 3.71. The van der Waals surface area contributed by atoms with E-state index in [1.807, 2.05) is 0 Å². The molecule has 8 heteroatoms. The Morgan fingerprint density at radius 3 is 2.38 bits per heavy atom. The summed E-state index contributed by atoms with van der Waals surface area (Å²) < 4.78 is 36.9. The van der Waals surface area contributed by atoms with Gasteiger partial charge in [-0.05, 0) is 39.8 Å². The summed E-state index contributed by atoms with van der Waals surface area (Å²) >= 11 is 0. The molecule has 0 spiro atoms. The number of carbonyl (C=O) groups excluding carboxylic acids is 1. The Balaban J connectivity index is 2.18. The molecule has 1 atom stereocenters. The topological polar surface area (TPSA) is 68.5 Å². The van der Waals surface area contributed by atoms with Gasteiger partial charge in [0.2, 0.25) is 11.7 Å². The highest BCUT2D eigenvalue weighted by Crippen LogP contribution is 2.24. The summed E-state index contributed by atoms with van der Waals surface area (Å²) in [6.45, 7) is 6.94. The number of aromatic nitrogens is 2. The number of ether oxygens (including phenoxy) is 1. The monoisotopic (exact) mass is 339 g/mol. The first-order valence-corrected chi connectivity index (χ1v) is 7.32. The van der Waals surface area contributed by atoms with Gasteiger partial charge in [-0.3, -0.25) is 4.90 Å². The predicted octanol–water partition coefficient (Wildman–Crippen LogP) is 3.94. The Hall–Kier alpha value is -2.51. The van der Waals surface area contributed by atoms with Crippen molar-refractivity contribution < 1.29 is 22.8 Å². The molecule has 0 saturated heterocycles. The number of hydrogen-bond acceptors (Lipinski definition) is 5. The molecule has 0 aliphatic carbocycles. The van der Waals surface area contributed by atoms with Crippen molar-refractivity contribution in [1.29, 1.82) is 0 Å². The van der Waals surface area contributed by atoms with E-state index in [0.717, 1.165) is 18.2 Å². The molecule has 2 aromatic rings. The van der Waals surface area contributed by atoms with E-state index in [9.17, 15) is 13.6 Å². The molecule has 0 aliphatic heterocycles. The van der Waals surface area contributed by atoms with E-state index in [1.54, 1.807) is 27.7 Å². The number of nitrogens with zero attached hydrogens (tertiary/aromatic N) is 3. The van der Waals surface area contributed by atoms with Gasteiger partial charge in [0.25, 0.3) is 0 Å². The molecule has 1 heterocycles. The van der Waals surface area contributed by atoms with Crippen LogP contribution in [0.25, 0.3) is 11.4 Å². The number of benzene rings is 1. The molecule has 0 aliphatic rings. The summed E-state index contributed by atoms with van der Waals surface area (Å²) in [5.74, 6) is -1.32. The Bertz CT molecular complexity index is 720. The Morgan fingerprint density at radius 1 is 1.25 bits per heavy atom.